The van der Waals surface area contributed by atoms with E-state index >= 15 is 0 Å². The topological polar surface area (TPSA) is 95.1 Å². The first kappa shape index (κ1) is 22.7. The molecule has 30 heavy (non-hydrogen) atoms. The van der Waals surface area contributed by atoms with Crippen LogP contribution in [0.4, 0.5) is 5.69 Å². The standard InChI is InChI=1S/C23H20BrN3O3/c1-3-6-17-11-16(13-21(29-4-2)22(17)30-10-9-25)12-18(15-26)23(28)27-20-8-5-7-19(24)14-20/h3,5,7-8,11-14H,1,4,6,10H2,2H3,(H,27,28)/b18-12-. The molecule has 2 aromatic carbocycles. The maximum atomic E-state index is 12.6. The van der Waals surface area contributed by atoms with Gasteiger partial charge in [0.2, 0.25) is 0 Å². The fourth-order valence-corrected chi connectivity index (χ4v) is 3.08. The number of hydrogen-bond acceptors (Lipinski definition) is 5. The van der Waals surface area contributed by atoms with Gasteiger partial charge in [0.15, 0.2) is 18.1 Å². The lowest BCUT2D eigenvalue weighted by molar-refractivity contribution is -0.112. The lowest BCUT2D eigenvalue weighted by Gasteiger charge is -2.15. The van der Waals surface area contributed by atoms with Crippen molar-refractivity contribution >= 4 is 33.6 Å². The van der Waals surface area contributed by atoms with Crippen LogP contribution >= 0.6 is 15.9 Å². The Morgan fingerprint density at radius 1 is 1.27 bits per heavy atom. The summed E-state index contributed by atoms with van der Waals surface area (Å²) in [6.45, 7) is 5.83. The predicted molar refractivity (Wildman–Crippen MR) is 119 cm³/mol. The molecule has 0 heterocycles. The van der Waals surface area contributed by atoms with Crippen LogP contribution in [-0.4, -0.2) is 19.1 Å². The highest BCUT2D eigenvalue weighted by atomic mass is 79.9. The van der Waals surface area contributed by atoms with E-state index in [0.29, 0.717) is 35.8 Å². The second kappa shape index (κ2) is 11.5. The third kappa shape index (κ3) is 6.23. The molecule has 1 N–H and O–H groups in total. The normalized spacial score (nSPS) is 10.5. The van der Waals surface area contributed by atoms with Crippen LogP contribution in [0.5, 0.6) is 11.5 Å². The minimum Gasteiger partial charge on any atom is -0.490 e. The lowest BCUT2D eigenvalue weighted by Crippen LogP contribution is -2.13. The molecule has 1 amide bonds. The predicted octanol–water partition coefficient (Wildman–Crippen LogP) is 5.02. The summed E-state index contributed by atoms with van der Waals surface area (Å²) in [5.74, 6) is 0.360. The SMILES string of the molecule is C=CCc1cc(/C=C(/C#N)C(=O)Nc2cccc(Br)c2)cc(OCC)c1OCC#N. The van der Waals surface area contributed by atoms with Gasteiger partial charge >= 0.3 is 0 Å². The minimum absolute atomic E-state index is 0.0623. The zero-order valence-electron chi connectivity index (χ0n) is 16.4. The average Bonchev–Trinajstić information content (AvgIpc) is 2.72. The van der Waals surface area contributed by atoms with Crippen LogP contribution in [0.3, 0.4) is 0 Å². The molecule has 0 unspecified atom stereocenters. The van der Waals surface area contributed by atoms with Crippen molar-refractivity contribution in [2.75, 3.05) is 18.5 Å². The van der Waals surface area contributed by atoms with Crippen LogP contribution in [0.1, 0.15) is 18.1 Å². The molecule has 0 aliphatic rings. The third-order valence-corrected chi connectivity index (χ3v) is 4.35. The molecule has 0 saturated carbocycles. The highest BCUT2D eigenvalue weighted by Gasteiger charge is 2.15. The van der Waals surface area contributed by atoms with E-state index in [1.807, 2.05) is 25.1 Å². The Bertz CT molecular complexity index is 1050. The van der Waals surface area contributed by atoms with E-state index in [2.05, 4.69) is 27.8 Å². The Kier molecular flexibility index (Phi) is 8.68. The van der Waals surface area contributed by atoms with Gasteiger partial charge in [-0.15, -0.1) is 6.58 Å². The summed E-state index contributed by atoms with van der Waals surface area (Å²) in [5, 5.41) is 21.1. The van der Waals surface area contributed by atoms with Crippen molar-refractivity contribution in [2.45, 2.75) is 13.3 Å². The van der Waals surface area contributed by atoms with E-state index in [0.717, 1.165) is 10.0 Å². The smallest absolute Gasteiger partial charge is 0.266 e. The zero-order valence-corrected chi connectivity index (χ0v) is 18.0. The van der Waals surface area contributed by atoms with Crippen LogP contribution in [0, 0.1) is 22.7 Å². The van der Waals surface area contributed by atoms with Crippen molar-refractivity contribution in [3.05, 3.63) is 70.2 Å². The molecule has 7 heteroatoms. The summed E-state index contributed by atoms with van der Waals surface area (Å²) < 4.78 is 12.0. The molecule has 0 spiro atoms. The van der Waals surface area contributed by atoms with Gasteiger partial charge in [-0.1, -0.05) is 28.1 Å². The molecule has 0 atom stereocenters. The summed E-state index contributed by atoms with van der Waals surface area (Å²) in [6.07, 6.45) is 3.65. The fourth-order valence-electron chi connectivity index (χ4n) is 2.68. The minimum atomic E-state index is -0.524. The van der Waals surface area contributed by atoms with Crippen molar-refractivity contribution in [1.82, 2.24) is 0 Å². The van der Waals surface area contributed by atoms with Crippen LogP contribution in [-0.2, 0) is 11.2 Å². The number of ether oxygens (including phenoxy) is 2. The number of nitrogens with zero attached hydrogens (tertiary/aromatic N) is 2. The van der Waals surface area contributed by atoms with Crippen molar-refractivity contribution in [3.63, 3.8) is 0 Å². The summed E-state index contributed by atoms with van der Waals surface area (Å²) in [7, 11) is 0. The third-order valence-electron chi connectivity index (χ3n) is 3.86. The molecular weight excluding hydrogens is 446 g/mol. The van der Waals surface area contributed by atoms with E-state index in [9.17, 15) is 10.1 Å². The van der Waals surface area contributed by atoms with Gasteiger partial charge in [-0.05, 0) is 55.3 Å². The van der Waals surface area contributed by atoms with Crippen molar-refractivity contribution < 1.29 is 14.3 Å². The molecule has 0 saturated heterocycles. The van der Waals surface area contributed by atoms with E-state index in [4.69, 9.17) is 14.7 Å². The van der Waals surface area contributed by atoms with Crippen LogP contribution in [0.2, 0.25) is 0 Å². The number of amides is 1. The van der Waals surface area contributed by atoms with Crippen LogP contribution < -0.4 is 14.8 Å². The number of carbonyl (C=O) groups is 1. The second-order valence-electron chi connectivity index (χ2n) is 6.01. The van der Waals surface area contributed by atoms with Crippen LogP contribution in [0.25, 0.3) is 6.08 Å². The highest BCUT2D eigenvalue weighted by Crippen LogP contribution is 2.34. The maximum Gasteiger partial charge on any atom is 0.266 e. The van der Waals surface area contributed by atoms with Crippen LogP contribution in [0.15, 0.2) is 59.1 Å². The van der Waals surface area contributed by atoms with E-state index < -0.39 is 5.91 Å². The number of benzene rings is 2. The average molecular weight is 466 g/mol. The van der Waals surface area contributed by atoms with Gasteiger partial charge in [0.05, 0.1) is 6.61 Å². The summed E-state index contributed by atoms with van der Waals surface area (Å²) in [5.41, 5.74) is 1.84. The Morgan fingerprint density at radius 2 is 2.07 bits per heavy atom. The number of anilines is 1. The van der Waals surface area contributed by atoms with E-state index in [-0.39, 0.29) is 12.2 Å². The molecule has 0 aliphatic carbocycles. The molecule has 2 rings (SSSR count). The van der Waals surface area contributed by atoms with Gasteiger partial charge in [-0.2, -0.15) is 10.5 Å². The fraction of sp³-hybridized carbons (Fsp3) is 0.174. The van der Waals surface area contributed by atoms with Gasteiger partial charge < -0.3 is 14.8 Å². The largest absolute Gasteiger partial charge is 0.490 e. The molecule has 0 radical (unpaired) electrons. The first-order valence-electron chi connectivity index (χ1n) is 9.11. The molecule has 0 aliphatic heterocycles. The first-order chi connectivity index (χ1) is 14.5. The highest BCUT2D eigenvalue weighted by molar-refractivity contribution is 9.10. The Balaban J connectivity index is 2.42. The van der Waals surface area contributed by atoms with Crippen molar-refractivity contribution in [2.24, 2.45) is 0 Å². The number of hydrogen-bond donors (Lipinski definition) is 1. The van der Waals surface area contributed by atoms with E-state index in [1.165, 1.54) is 6.08 Å². The summed E-state index contributed by atoms with van der Waals surface area (Å²) in [6, 6.07) is 14.4. The molecular formula is C23H20BrN3O3. The monoisotopic (exact) mass is 465 g/mol. The summed E-state index contributed by atoms with van der Waals surface area (Å²) in [4.78, 5) is 12.6. The van der Waals surface area contributed by atoms with E-state index in [1.54, 1.807) is 36.4 Å². The number of allylic oxidation sites excluding steroid dienone is 1. The van der Waals surface area contributed by atoms with Gasteiger partial charge in [0.25, 0.3) is 5.91 Å². The Hall–Kier alpha value is -3.55. The Labute approximate surface area is 184 Å². The van der Waals surface area contributed by atoms with Gasteiger partial charge in [-0.25, -0.2) is 0 Å². The number of halogens is 1. The van der Waals surface area contributed by atoms with Gasteiger partial charge in [0, 0.05) is 15.7 Å². The molecule has 6 nitrogen and oxygen atoms in total. The van der Waals surface area contributed by atoms with Gasteiger partial charge in [-0.3, -0.25) is 4.79 Å². The molecule has 2 aromatic rings. The maximum absolute atomic E-state index is 12.6. The lowest BCUT2D eigenvalue weighted by atomic mass is 10.0. The molecule has 0 fully saturated rings. The number of nitrogens with one attached hydrogen (secondary N) is 1. The molecule has 0 bridgehead atoms. The number of nitriles is 2. The van der Waals surface area contributed by atoms with Gasteiger partial charge in [0.1, 0.15) is 17.7 Å². The number of rotatable bonds is 9. The zero-order chi connectivity index (χ0) is 21.9. The Morgan fingerprint density at radius 3 is 2.70 bits per heavy atom. The second-order valence-corrected chi connectivity index (χ2v) is 6.93. The molecule has 152 valence electrons. The van der Waals surface area contributed by atoms with Crippen molar-refractivity contribution in [1.29, 1.82) is 10.5 Å². The number of carbonyl (C=O) groups excluding carboxylic acids is 1. The molecule has 0 aromatic heterocycles. The summed E-state index contributed by atoms with van der Waals surface area (Å²) >= 11 is 3.35. The first-order valence-corrected chi connectivity index (χ1v) is 9.90. The van der Waals surface area contributed by atoms with Crippen molar-refractivity contribution in [3.8, 4) is 23.6 Å². The quantitative estimate of drug-likeness (QED) is 0.318.